The topological polar surface area (TPSA) is 62.2 Å². The molecule has 1 aliphatic rings. The molecule has 0 aromatic carbocycles. The number of carboxylic acids is 1. The number of aromatic nitrogens is 1. The lowest BCUT2D eigenvalue weighted by Gasteiger charge is -2.32. The summed E-state index contributed by atoms with van der Waals surface area (Å²) in [5, 5.41) is 15.8. The van der Waals surface area contributed by atoms with Gasteiger partial charge in [-0.2, -0.15) is 0 Å². The van der Waals surface area contributed by atoms with Crippen LogP contribution in [-0.4, -0.2) is 29.1 Å². The van der Waals surface area contributed by atoms with Crippen molar-refractivity contribution in [2.75, 3.05) is 13.1 Å². The first kappa shape index (κ1) is 14.5. The first-order valence-electron chi connectivity index (χ1n) is 6.72. The zero-order valence-electron chi connectivity index (χ0n) is 11.8. The second kappa shape index (κ2) is 5.21. The van der Waals surface area contributed by atoms with Crippen molar-refractivity contribution < 1.29 is 9.90 Å². The molecule has 1 aliphatic heterocycles. The van der Waals surface area contributed by atoms with Crippen molar-refractivity contribution in [3.05, 3.63) is 16.1 Å². The highest BCUT2D eigenvalue weighted by Crippen LogP contribution is 2.35. The first-order valence-corrected chi connectivity index (χ1v) is 7.60. The van der Waals surface area contributed by atoms with E-state index in [0.717, 1.165) is 23.8 Å². The molecular formula is C14H22N2O2S. The maximum absolute atomic E-state index is 11.6. The lowest BCUT2D eigenvalue weighted by atomic mass is 9.76. The predicted octanol–water partition coefficient (Wildman–Crippen LogP) is 2.44. The van der Waals surface area contributed by atoms with Crippen LogP contribution < -0.4 is 5.32 Å². The molecule has 2 rings (SSSR count). The molecule has 0 spiro atoms. The van der Waals surface area contributed by atoms with Gasteiger partial charge in [-0.25, -0.2) is 4.98 Å². The zero-order chi connectivity index (χ0) is 14.1. The molecule has 1 aromatic rings. The number of carboxylic acid groups (broad SMARTS) is 1. The summed E-state index contributed by atoms with van der Waals surface area (Å²) in [5.74, 6) is -0.679. The van der Waals surface area contributed by atoms with Gasteiger partial charge in [0.15, 0.2) is 0 Å². The van der Waals surface area contributed by atoms with Gasteiger partial charge in [0.2, 0.25) is 0 Å². The molecule has 0 bridgehead atoms. The second-order valence-corrected chi connectivity index (χ2v) is 7.33. The van der Waals surface area contributed by atoms with Crippen LogP contribution in [0.4, 0.5) is 0 Å². The Bertz CT molecular complexity index is 456. The Morgan fingerprint density at radius 2 is 2.11 bits per heavy atom. The molecule has 4 nitrogen and oxygen atoms in total. The smallest absolute Gasteiger partial charge is 0.310 e. The van der Waals surface area contributed by atoms with Gasteiger partial charge in [-0.3, -0.25) is 4.79 Å². The van der Waals surface area contributed by atoms with Crippen molar-refractivity contribution in [1.82, 2.24) is 10.3 Å². The zero-order valence-corrected chi connectivity index (χ0v) is 12.6. The van der Waals surface area contributed by atoms with E-state index in [1.807, 2.05) is 0 Å². The minimum absolute atomic E-state index is 0.0270. The van der Waals surface area contributed by atoms with E-state index >= 15 is 0 Å². The van der Waals surface area contributed by atoms with Crippen molar-refractivity contribution in [1.29, 1.82) is 0 Å². The van der Waals surface area contributed by atoms with Crippen LogP contribution in [0.5, 0.6) is 0 Å². The summed E-state index contributed by atoms with van der Waals surface area (Å²) in [5.41, 5.74) is 0.458. The van der Waals surface area contributed by atoms with Gasteiger partial charge in [-0.05, 0) is 25.9 Å². The Morgan fingerprint density at radius 1 is 1.47 bits per heavy atom. The van der Waals surface area contributed by atoms with E-state index in [1.165, 1.54) is 0 Å². The van der Waals surface area contributed by atoms with Gasteiger partial charge >= 0.3 is 5.97 Å². The largest absolute Gasteiger partial charge is 0.481 e. The molecule has 0 aliphatic carbocycles. The molecule has 0 radical (unpaired) electrons. The van der Waals surface area contributed by atoms with Crippen LogP contribution >= 0.6 is 11.3 Å². The minimum atomic E-state index is -0.679. The van der Waals surface area contributed by atoms with Crippen molar-refractivity contribution in [3.8, 4) is 0 Å². The molecule has 2 heterocycles. The van der Waals surface area contributed by atoms with Gasteiger partial charge in [0.25, 0.3) is 0 Å². The van der Waals surface area contributed by atoms with Gasteiger partial charge < -0.3 is 10.4 Å². The van der Waals surface area contributed by atoms with E-state index in [0.29, 0.717) is 19.3 Å². The average Bonchev–Trinajstić information content (AvgIpc) is 2.78. The Hall–Kier alpha value is -0.940. The van der Waals surface area contributed by atoms with E-state index in [2.05, 4.69) is 36.5 Å². The molecule has 106 valence electrons. The highest BCUT2D eigenvalue weighted by molar-refractivity contribution is 7.09. The molecule has 5 heteroatoms. The fraction of sp³-hybridized carbons (Fsp3) is 0.714. The van der Waals surface area contributed by atoms with E-state index in [1.54, 1.807) is 11.3 Å². The van der Waals surface area contributed by atoms with Crippen molar-refractivity contribution in [2.24, 2.45) is 5.41 Å². The fourth-order valence-electron chi connectivity index (χ4n) is 2.40. The van der Waals surface area contributed by atoms with Crippen molar-refractivity contribution >= 4 is 17.3 Å². The van der Waals surface area contributed by atoms with Crippen LogP contribution in [0.1, 0.15) is 44.3 Å². The Balaban J connectivity index is 2.18. The van der Waals surface area contributed by atoms with Crippen LogP contribution in [0.15, 0.2) is 5.38 Å². The van der Waals surface area contributed by atoms with Crippen molar-refractivity contribution in [2.45, 2.75) is 45.4 Å². The maximum Gasteiger partial charge on any atom is 0.310 e. The quantitative estimate of drug-likeness (QED) is 0.894. The monoisotopic (exact) mass is 282 g/mol. The predicted molar refractivity (Wildman–Crippen MR) is 76.7 cm³/mol. The first-order chi connectivity index (χ1) is 8.83. The SMILES string of the molecule is CC(C)(C)c1csc(CC2(C(=O)O)CCNCC2)n1. The molecule has 2 N–H and O–H groups in total. The van der Waals surface area contributed by atoms with Crippen LogP contribution in [-0.2, 0) is 16.6 Å². The molecule has 0 amide bonds. The van der Waals surface area contributed by atoms with Gasteiger partial charge in [0.05, 0.1) is 16.1 Å². The molecule has 0 atom stereocenters. The van der Waals surface area contributed by atoms with Crippen LogP contribution in [0.2, 0.25) is 0 Å². The summed E-state index contributed by atoms with van der Waals surface area (Å²) in [6.07, 6.45) is 1.93. The van der Waals surface area contributed by atoms with Gasteiger partial charge in [-0.15, -0.1) is 11.3 Å². The number of piperidine rings is 1. The second-order valence-electron chi connectivity index (χ2n) is 6.39. The number of nitrogens with zero attached hydrogens (tertiary/aromatic N) is 1. The number of hydrogen-bond acceptors (Lipinski definition) is 4. The number of nitrogens with one attached hydrogen (secondary N) is 1. The third-order valence-electron chi connectivity index (χ3n) is 3.82. The van der Waals surface area contributed by atoms with E-state index in [9.17, 15) is 9.90 Å². The van der Waals surface area contributed by atoms with Crippen LogP contribution in [0.25, 0.3) is 0 Å². The van der Waals surface area contributed by atoms with Crippen molar-refractivity contribution in [3.63, 3.8) is 0 Å². The molecule has 19 heavy (non-hydrogen) atoms. The summed E-state index contributed by atoms with van der Waals surface area (Å²) in [7, 11) is 0. The van der Waals surface area contributed by atoms with Crippen LogP contribution in [0, 0.1) is 5.41 Å². The minimum Gasteiger partial charge on any atom is -0.481 e. The van der Waals surface area contributed by atoms with E-state index in [4.69, 9.17) is 0 Å². The number of thiazole rings is 1. The van der Waals surface area contributed by atoms with Gasteiger partial charge in [-0.1, -0.05) is 20.8 Å². The third kappa shape index (κ3) is 3.15. The standard InChI is InChI=1S/C14H22N2O2S/c1-13(2,3)10-9-19-11(16-10)8-14(12(17)18)4-6-15-7-5-14/h9,15H,4-8H2,1-3H3,(H,17,18). The summed E-state index contributed by atoms with van der Waals surface area (Å²) in [6.45, 7) is 7.95. The lowest BCUT2D eigenvalue weighted by Crippen LogP contribution is -2.43. The summed E-state index contributed by atoms with van der Waals surface area (Å²) in [4.78, 5) is 16.3. The maximum atomic E-state index is 11.6. The number of hydrogen-bond donors (Lipinski definition) is 2. The molecule has 1 fully saturated rings. The Morgan fingerprint density at radius 3 is 2.58 bits per heavy atom. The van der Waals surface area contributed by atoms with E-state index < -0.39 is 11.4 Å². The van der Waals surface area contributed by atoms with Gasteiger partial charge in [0, 0.05) is 17.2 Å². The Labute approximate surface area is 118 Å². The lowest BCUT2D eigenvalue weighted by molar-refractivity contribution is -0.150. The Kier molecular flexibility index (Phi) is 3.97. The average molecular weight is 282 g/mol. The third-order valence-corrected chi connectivity index (χ3v) is 4.67. The number of aliphatic carboxylic acids is 1. The highest BCUT2D eigenvalue weighted by Gasteiger charge is 2.40. The van der Waals surface area contributed by atoms with Crippen LogP contribution in [0.3, 0.4) is 0 Å². The molecule has 1 saturated heterocycles. The van der Waals surface area contributed by atoms with E-state index in [-0.39, 0.29) is 5.41 Å². The molecule has 0 unspecified atom stereocenters. The highest BCUT2D eigenvalue weighted by atomic mass is 32.1. The summed E-state index contributed by atoms with van der Waals surface area (Å²) >= 11 is 1.59. The fourth-order valence-corrected chi connectivity index (χ4v) is 3.56. The van der Waals surface area contributed by atoms with Gasteiger partial charge in [0.1, 0.15) is 0 Å². The molecule has 1 aromatic heterocycles. The summed E-state index contributed by atoms with van der Waals surface area (Å²) < 4.78 is 0. The number of carbonyl (C=O) groups is 1. The molecule has 0 saturated carbocycles. The molecular weight excluding hydrogens is 260 g/mol. The number of rotatable bonds is 3. The normalized spacial score (nSPS) is 19.3. The summed E-state index contributed by atoms with van der Waals surface area (Å²) in [6, 6.07) is 0.